The zero-order valence-corrected chi connectivity index (χ0v) is 18.5. The van der Waals surface area contributed by atoms with Crippen molar-refractivity contribution < 1.29 is 9.90 Å². The van der Waals surface area contributed by atoms with Gasteiger partial charge in [-0.1, -0.05) is 32.0 Å². The molecule has 0 spiro atoms. The van der Waals surface area contributed by atoms with Crippen LogP contribution in [-0.4, -0.2) is 25.7 Å². The second-order valence-electron chi connectivity index (χ2n) is 7.70. The van der Waals surface area contributed by atoms with Crippen LogP contribution in [0.5, 0.6) is 0 Å². The summed E-state index contributed by atoms with van der Waals surface area (Å²) >= 11 is 0. The molecule has 2 aromatic heterocycles. The lowest BCUT2D eigenvalue weighted by Gasteiger charge is -2.14. The Labute approximate surface area is 187 Å². The van der Waals surface area contributed by atoms with Crippen LogP contribution in [-0.2, 0) is 17.6 Å². The van der Waals surface area contributed by atoms with E-state index in [0.717, 1.165) is 52.8 Å². The molecule has 4 aromatic rings. The number of nitrogens with zero attached hydrogens (tertiary/aromatic N) is 3. The number of nitrogens with one attached hydrogen (secondary N) is 1. The van der Waals surface area contributed by atoms with Gasteiger partial charge in [0.1, 0.15) is 5.82 Å². The van der Waals surface area contributed by atoms with Crippen molar-refractivity contribution in [2.75, 3.05) is 5.32 Å². The van der Waals surface area contributed by atoms with Gasteiger partial charge in [0, 0.05) is 23.5 Å². The van der Waals surface area contributed by atoms with Crippen molar-refractivity contribution in [1.82, 2.24) is 14.6 Å². The largest absolute Gasteiger partial charge is 0.478 e. The van der Waals surface area contributed by atoms with E-state index in [-0.39, 0.29) is 0 Å². The van der Waals surface area contributed by atoms with E-state index >= 15 is 0 Å². The van der Waals surface area contributed by atoms with Gasteiger partial charge in [0.05, 0.1) is 6.20 Å². The minimum atomic E-state index is -0.975. The fourth-order valence-corrected chi connectivity index (χ4v) is 4.05. The molecule has 6 nitrogen and oxygen atoms in total. The van der Waals surface area contributed by atoms with Gasteiger partial charge in [-0.05, 0) is 77.9 Å². The van der Waals surface area contributed by atoms with E-state index < -0.39 is 5.97 Å². The van der Waals surface area contributed by atoms with E-state index in [0.29, 0.717) is 0 Å². The van der Waals surface area contributed by atoms with Crippen molar-refractivity contribution in [3.05, 3.63) is 83.2 Å². The van der Waals surface area contributed by atoms with E-state index in [1.807, 2.05) is 36.5 Å². The third kappa shape index (κ3) is 4.39. The van der Waals surface area contributed by atoms with Crippen LogP contribution in [0.3, 0.4) is 0 Å². The van der Waals surface area contributed by atoms with Gasteiger partial charge in [-0.25, -0.2) is 14.3 Å². The van der Waals surface area contributed by atoms with Crippen LogP contribution < -0.4 is 5.32 Å². The number of aromatic nitrogens is 3. The summed E-state index contributed by atoms with van der Waals surface area (Å²) in [5, 5.41) is 16.8. The molecule has 6 heteroatoms. The molecule has 0 atom stereocenters. The fourth-order valence-electron chi connectivity index (χ4n) is 4.05. The van der Waals surface area contributed by atoms with Crippen LogP contribution in [0.4, 0.5) is 11.5 Å². The van der Waals surface area contributed by atoms with E-state index in [9.17, 15) is 4.79 Å². The van der Waals surface area contributed by atoms with E-state index in [4.69, 9.17) is 10.1 Å². The number of aryl methyl sites for hydroxylation is 2. The summed E-state index contributed by atoms with van der Waals surface area (Å²) in [5.74, 6) is -0.232. The van der Waals surface area contributed by atoms with Crippen molar-refractivity contribution in [2.24, 2.45) is 0 Å². The molecule has 162 valence electrons. The van der Waals surface area contributed by atoms with Crippen LogP contribution in [0.15, 0.2) is 60.9 Å². The Morgan fingerprint density at radius 1 is 1.16 bits per heavy atom. The highest BCUT2D eigenvalue weighted by atomic mass is 16.4. The standard InChI is InChI=1S/C26H26N4O2/c1-4-19-15-21(13-17(3)22(19)5-2)28-24-11-12-30-26(29-24)23(16-27-30)20-8-6-7-18(14-20)9-10-25(31)32/h6-16H,4-5H2,1-3H3,(H,28,29)(H,31,32)/b10-9+. The van der Waals surface area contributed by atoms with Crippen LogP contribution in [0.2, 0.25) is 0 Å². The van der Waals surface area contributed by atoms with Gasteiger partial charge in [0.25, 0.3) is 0 Å². The van der Waals surface area contributed by atoms with Gasteiger partial charge in [0.2, 0.25) is 0 Å². The first-order valence-electron chi connectivity index (χ1n) is 10.7. The summed E-state index contributed by atoms with van der Waals surface area (Å²) < 4.78 is 1.74. The molecule has 0 aliphatic rings. The predicted octanol–water partition coefficient (Wildman–Crippen LogP) is 5.67. The van der Waals surface area contributed by atoms with E-state index in [1.54, 1.807) is 16.8 Å². The molecule has 0 saturated carbocycles. The quantitative estimate of drug-likeness (QED) is 0.372. The molecule has 0 aliphatic carbocycles. The Balaban J connectivity index is 1.69. The van der Waals surface area contributed by atoms with Crippen LogP contribution in [0, 0.1) is 6.92 Å². The highest BCUT2D eigenvalue weighted by molar-refractivity contribution is 5.86. The molecule has 0 aliphatic heterocycles. The van der Waals surface area contributed by atoms with Crippen molar-refractivity contribution in [2.45, 2.75) is 33.6 Å². The molecular weight excluding hydrogens is 400 g/mol. The smallest absolute Gasteiger partial charge is 0.328 e. The number of carbonyl (C=O) groups is 1. The Bertz CT molecular complexity index is 1320. The number of anilines is 2. The number of hydrogen-bond donors (Lipinski definition) is 2. The molecule has 0 bridgehead atoms. The van der Waals surface area contributed by atoms with Gasteiger partial charge in [-0.15, -0.1) is 0 Å². The minimum absolute atomic E-state index is 0.729. The second-order valence-corrected chi connectivity index (χ2v) is 7.70. The first-order valence-corrected chi connectivity index (χ1v) is 10.7. The zero-order chi connectivity index (χ0) is 22.7. The summed E-state index contributed by atoms with van der Waals surface area (Å²) in [7, 11) is 0. The van der Waals surface area contributed by atoms with Crippen LogP contribution >= 0.6 is 0 Å². The maximum absolute atomic E-state index is 10.8. The van der Waals surface area contributed by atoms with Gasteiger partial charge in [-0.3, -0.25) is 0 Å². The maximum Gasteiger partial charge on any atom is 0.328 e. The molecule has 2 aromatic carbocycles. The number of rotatable bonds is 7. The van der Waals surface area contributed by atoms with Crippen molar-refractivity contribution in [1.29, 1.82) is 0 Å². The lowest BCUT2D eigenvalue weighted by Crippen LogP contribution is -2.01. The Hall–Kier alpha value is -3.93. The second kappa shape index (κ2) is 9.06. The van der Waals surface area contributed by atoms with Gasteiger partial charge >= 0.3 is 5.97 Å². The molecular formula is C26H26N4O2. The molecule has 4 rings (SSSR count). The molecule has 2 heterocycles. The molecule has 0 fully saturated rings. The van der Waals surface area contributed by atoms with Gasteiger partial charge in [-0.2, -0.15) is 5.10 Å². The monoisotopic (exact) mass is 426 g/mol. The average Bonchev–Trinajstić information content (AvgIpc) is 3.21. The van der Waals surface area contributed by atoms with E-state index in [2.05, 4.69) is 43.3 Å². The Morgan fingerprint density at radius 3 is 2.75 bits per heavy atom. The zero-order valence-electron chi connectivity index (χ0n) is 18.5. The molecule has 0 saturated heterocycles. The number of aliphatic carboxylic acids is 1. The average molecular weight is 427 g/mol. The number of carboxylic acid groups (broad SMARTS) is 1. The Kier molecular flexibility index (Phi) is 6.03. The highest BCUT2D eigenvalue weighted by Crippen LogP contribution is 2.27. The first-order chi connectivity index (χ1) is 15.5. The van der Waals surface area contributed by atoms with E-state index in [1.165, 1.54) is 16.7 Å². The lowest BCUT2D eigenvalue weighted by molar-refractivity contribution is -0.131. The van der Waals surface area contributed by atoms with Crippen molar-refractivity contribution >= 4 is 29.2 Å². The summed E-state index contributed by atoms with van der Waals surface area (Å²) in [6.45, 7) is 6.53. The molecule has 0 unspecified atom stereocenters. The normalized spacial score (nSPS) is 11.3. The van der Waals surface area contributed by atoms with Crippen molar-refractivity contribution in [3.63, 3.8) is 0 Å². The third-order valence-electron chi connectivity index (χ3n) is 5.56. The third-order valence-corrected chi connectivity index (χ3v) is 5.56. The predicted molar refractivity (Wildman–Crippen MR) is 128 cm³/mol. The summed E-state index contributed by atoms with van der Waals surface area (Å²) in [6.07, 6.45) is 8.39. The summed E-state index contributed by atoms with van der Waals surface area (Å²) in [6, 6.07) is 13.9. The Morgan fingerprint density at radius 2 is 2.00 bits per heavy atom. The van der Waals surface area contributed by atoms with Crippen molar-refractivity contribution in [3.8, 4) is 11.1 Å². The van der Waals surface area contributed by atoms with Crippen LogP contribution in [0.1, 0.15) is 36.1 Å². The minimum Gasteiger partial charge on any atom is -0.478 e. The first kappa shape index (κ1) is 21.3. The maximum atomic E-state index is 10.8. The topological polar surface area (TPSA) is 79.5 Å². The lowest BCUT2D eigenvalue weighted by atomic mass is 9.97. The van der Waals surface area contributed by atoms with Gasteiger partial charge < -0.3 is 10.4 Å². The molecule has 0 radical (unpaired) electrons. The molecule has 0 amide bonds. The highest BCUT2D eigenvalue weighted by Gasteiger charge is 2.11. The fraction of sp³-hybridized carbons (Fsp3) is 0.192. The number of hydrogen-bond acceptors (Lipinski definition) is 4. The van der Waals surface area contributed by atoms with Gasteiger partial charge in [0.15, 0.2) is 5.65 Å². The number of fused-ring (bicyclic) bond motifs is 1. The number of benzene rings is 2. The van der Waals surface area contributed by atoms with Crippen LogP contribution in [0.25, 0.3) is 22.9 Å². The number of carboxylic acids is 1. The SMILES string of the molecule is CCc1cc(Nc2ccn3ncc(-c4cccc(/C=C/C(=O)O)c4)c3n2)cc(C)c1CC. The molecule has 2 N–H and O–H groups in total. The summed E-state index contributed by atoms with van der Waals surface area (Å²) in [4.78, 5) is 15.6. The molecule has 32 heavy (non-hydrogen) atoms. The summed E-state index contributed by atoms with van der Waals surface area (Å²) in [5.41, 5.74) is 8.41.